The third kappa shape index (κ3) is 4.46. The fourth-order valence-electron chi connectivity index (χ4n) is 3.21. The molecule has 0 spiro atoms. The van der Waals surface area contributed by atoms with Gasteiger partial charge in [0.15, 0.2) is 0 Å². The van der Waals surface area contributed by atoms with Crippen molar-refractivity contribution in [3.05, 3.63) is 0 Å². The second-order valence-electron chi connectivity index (χ2n) is 6.14. The van der Waals surface area contributed by atoms with Crippen molar-refractivity contribution in [2.75, 3.05) is 26.7 Å². The van der Waals surface area contributed by atoms with Gasteiger partial charge in [0.05, 0.1) is 7.11 Å². The third-order valence-corrected chi connectivity index (χ3v) is 4.24. The highest BCUT2D eigenvalue weighted by Gasteiger charge is 2.33. The molecule has 1 aliphatic rings. The molecule has 1 N–H and O–H groups in total. The van der Waals surface area contributed by atoms with Crippen LogP contribution >= 0.6 is 0 Å². The number of esters is 1. The van der Waals surface area contributed by atoms with Crippen LogP contribution in [0, 0.1) is 5.92 Å². The van der Waals surface area contributed by atoms with Crippen LogP contribution in [-0.2, 0) is 9.53 Å². The fraction of sp³-hybridized carbons (Fsp3) is 0.933. The van der Waals surface area contributed by atoms with Crippen molar-refractivity contribution in [1.82, 2.24) is 10.2 Å². The third-order valence-electron chi connectivity index (χ3n) is 4.24. The molecule has 1 fully saturated rings. The molecular formula is C15H30N2O2. The van der Waals surface area contributed by atoms with Gasteiger partial charge in [-0.3, -0.25) is 4.79 Å². The number of likely N-dealkylation sites (N-methyl/N-ethyl adjacent to an activating group) is 1. The van der Waals surface area contributed by atoms with E-state index in [2.05, 4.69) is 24.1 Å². The first-order valence-corrected chi connectivity index (χ1v) is 7.50. The van der Waals surface area contributed by atoms with Gasteiger partial charge in [-0.05, 0) is 52.1 Å². The van der Waals surface area contributed by atoms with E-state index in [1.165, 1.54) is 20.1 Å². The number of methoxy groups -OCH3 is 1. The van der Waals surface area contributed by atoms with Crippen molar-refractivity contribution >= 4 is 5.97 Å². The van der Waals surface area contributed by atoms with Gasteiger partial charge < -0.3 is 15.0 Å². The van der Waals surface area contributed by atoms with Gasteiger partial charge in [0.25, 0.3) is 0 Å². The Morgan fingerprint density at radius 2 is 2.16 bits per heavy atom. The van der Waals surface area contributed by atoms with E-state index in [0.29, 0.717) is 6.04 Å². The first-order chi connectivity index (χ1) is 8.92. The Hall–Kier alpha value is -0.610. The van der Waals surface area contributed by atoms with Gasteiger partial charge in [0, 0.05) is 12.6 Å². The molecule has 0 aliphatic carbocycles. The van der Waals surface area contributed by atoms with Crippen molar-refractivity contribution in [3.8, 4) is 0 Å². The highest BCUT2D eigenvalue weighted by atomic mass is 16.5. The van der Waals surface area contributed by atoms with Crippen LogP contribution < -0.4 is 5.32 Å². The maximum absolute atomic E-state index is 11.9. The Bertz CT molecular complexity index is 296. The number of hydrogen-bond acceptors (Lipinski definition) is 4. The summed E-state index contributed by atoms with van der Waals surface area (Å²) in [7, 11) is 1.46. The summed E-state index contributed by atoms with van der Waals surface area (Å²) in [6.07, 6.45) is 3.14. The van der Waals surface area contributed by atoms with E-state index >= 15 is 0 Å². The number of nitrogens with one attached hydrogen (secondary N) is 1. The smallest absolute Gasteiger partial charge is 0.325 e. The summed E-state index contributed by atoms with van der Waals surface area (Å²) in [6.45, 7) is 11.6. The summed E-state index contributed by atoms with van der Waals surface area (Å²) >= 11 is 0. The molecule has 0 bridgehead atoms. The normalized spacial score (nSPS) is 27.2. The van der Waals surface area contributed by atoms with Gasteiger partial charge in [-0.15, -0.1) is 0 Å². The average Bonchev–Trinajstić information content (AvgIpc) is 2.67. The Kier molecular flexibility index (Phi) is 6.27. The van der Waals surface area contributed by atoms with E-state index < -0.39 is 5.54 Å². The molecule has 0 radical (unpaired) electrons. The largest absolute Gasteiger partial charge is 0.468 e. The first kappa shape index (κ1) is 16.4. The number of carbonyl (C=O) groups excluding carboxylic acids is 1. The second-order valence-corrected chi connectivity index (χ2v) is 6.14. The Labute approximate surface area is 117 Å². The maximum Gasteiger partial charge on any atom is 0.325 e. The van der Waals surface area contributed by atoms with Gasteiger partial charge in [-0.25, -0.2) is 0 Å². The minimum atomic E-state index is -0.544. The lowest BCUT2D eigenvalue weighted by atomic mass is 9.95. The van der Waals surface area contributed by atoms with Crippen LogP contribution in [0.25, 0.3) is 0 Å². The van der Waals surface area contributed by atoms with Crippen LogP contribution in [0.4, 0.5) is 0 Å². The monoisotopic (exact) mass is 270 g/mol. The number of carbonyl (C=O) groups is 1. The van der Waals surface area contributed by atoms with Gasteiger partial charge >= 0.3 is 5.97 Å². The van der Waals surface area contributed by atoms with E-state index in [0.717, 1.165) is 31.8 Å². The summed E-state index contributed by atoms with van der Waals surface area (Å²) < 4.78 is 4.91. The molecule has 0 amide bonds. The van der Waals surface area contributed by atoms with Crippen LogP contribution in [0.2, 0.25) is 0 Å². The van der Waals surface area contributed by atoms with E-state index in [1.807, 2.05) is 13.8 Å². The maximum atomic E-state index is 11.9. The lowest BCUT2D eigenvalue weighted by Gasteiger charge is -2.29. The number of likely N-dealkylation sites (tertiary alicyclic amines) is 1. The Balaban J connectivity index is 2.42. The van der Waals surface area contributed by atoms with Gasteiger partial charge in [-0.2, -0.15) is 0 Å². The molecule has 19 heavy (non-hydrogen) atoms. The highest BCUT2D eigenvalue weighted by Crippen LogP contribution is 2.23. The minimum absolute atomic E-state index is 0.155. The van der Waals surface area contributed by atoms with Gasteiger partial charge in [0.2, 0.25) is 0 Å². The molecule has 3 atom stereocenters. The summed E-state index contributed by atoms with van der Waals surface area (Å²) in [5.41, 5.74) is -0.544. The highest BCUT2D eigenvalue weighted by molar-refractivity contribution is 5.80. The Morgan fingerprint density at radius 3 is 2.63 bits per heavy atom. The molecule has 1 rings (SSSR count). The van der Waals surface area contributed by atoms with Crippen molar-refractivity contribution in [1.29, 1.82) is 0 Å². The zero-order chi connectivity index (χ0) is 14.5. The molecule has 0 aromatic carbocycles. The van der Waals surface area contributed by atoms with Crippen LogP contribution in [0.3, 0.4) is 0 Å². The molecule has 0 aromatic heterocycles. The lowest BCUT2D eigenvalue weighted by Crippen LogP contribution is -2.50. The zero-order valence-electron chi connectivity index (χ0n) is 13.2. The van der Waals surface area contributed by atoms with Crippen molar-refractivity contribution < 1.29 is 9.53 Å². The number of rotatable bonds is 7. The van der Waals surface area contributed by atoms with E-state index in [1.54, 1.807) is 0 Å². The molecule has 112 valence electrons. The standard InChI is InChI=1S/C15H30N2O2/c1-6-16-15(4,14(18)19-5)8-7-9-17-11-12(2)10-13(17)3/h12-13,16H,6-11H2,1-5H3. The summed E-state index contributed by atoms with van der Waals surface area (Å²) in [4.78, 5) is 14.4. The molecule has 4 heteroatoms. The van der Waals surface area contributed by atoms with Gasteiger partial charge in [-0.1, -0.05) is 13.8 Å². The number of ether oxygens (including phenoxy) is 1. The number of hydrogen-bond donors (Lipinski definition) is 1. The quantitative estimate of drug-likeness (QED) is 0.719. The summed E-state index contributed by atoms with van der Waals surface area (Å²) in [5.74, 6) is 0.646. The molecule has 1 aliphatic heterocycles. The minimum Gasteiger partial charge on any atom is -0.468 e. The predicted octanol–water partition coefficient (Wildman–Crippen LogP) is 2.04. The van der Waals surface area contributed by atoms with Gasteiger partial charge in [0.1, 0.15) is 5.54 Å². The molecule has 0 aromatic rings. The predicted molar refractivity (Wildman–Crippen MR) is 78.1 cm³/mol. The van der Waals surface area contributed by atoms with Crippen molar-refractivity contribution in [2.45, 2.75) is 58.5 Å². The SMILES string of the molecule is CCNC(C)(CCCN1CC(C)CC1C)C(=O)OC. The molecule has 3 unspecified atom stereocenters. The van der Waals surface area contributed by atoms with E-state index in [9.17, 15) is 4.79 Å². The van der Waals surface area contributed by atoms with Crippen molar-refractivity contribution in [3.63, 3.8) is 0 Å². The topological polar surface area (TPSA) is 41.6 Å². The van der Waals surface area contributed by atoms with Crippen LogP contribution in [0.5, 0.6) is 0 Å². The number of nitrogens with zero attached hydrogens (tertiary/aromatic N) is 1. The van der Waals surface area contributed by atoms with E-state index in [4.69, 9.17) is 4.74 Å². The molecule has 0 saturated carbocycles. The first-order valence-electron chi connectivity index (χ1n) is 7.50. The molecule has 1 heterocycles. The molecular weight excluding hydrogens is 240 g/mol. The zero-order valence-corrected chi connectivity index (χ0v) is 13.2. The lowest BCUT2D eigenvalue weighted by molar-refractivity contribution is -0.148. The van der Waals surface area contributed by atoms with E-state index in [-0.39, 0.29) is 5.97 Å². The molecule has 1 saturated heterocycles. The summed E-state index contributed by atoms with van der Waals surface area (Å²) in [5, 5.41) is 3.26. The Morgan fingerprint density at radius 1 is 1.47 bits per heavy atom. The van der Waals surface area contributed by atoms with Crippen LogP contribution in [0.15, 0.2) is 0 Å². The molecule has 4 nitrogen and oxygen atoms in total. The summed E-state index contributed by atoms with van der Waals surface area (Å²) in [6, 6.07) is 0.679. The van der Waals surface area contributed by atoms with Crippen molar-refractivity contribution in [2.24, 2.45) is 5.92 Å². The fourth-order valence-corrected chi connectivity index (χ4v) is 3.21. The van der Waals surface area contributed by atoms with Crippen LogP contribution in [-0.4, -0.2) is 49.2 Å². The second kappa shape index (κ2) is 7.25. The van der Waals surface area contributed by atoms with Crippen LogP contribution in [0.1, 0.15) is 47.0 Å². The average molecular weight is 270 g/mol.